The number of aromatic nitrogens is 11. The largest absolute Gasteiger partial charge is 0.335 e. The highest BCUT2D eigenvalue weighted by Gasteiger charge is 2.21. The molecular formula is C24H27N11O. The van der Waals surface area contributed by atoms with Crippen LogP contribution in [0.2, 0.25) is 0 Å². The summed E-state index contributed by atoms with van der Waals surface area (Å²) >= 11 is 0. The minimum absolute atomic E-state index is 0.0619. The van der Waals surface area contributed by atoms with Gasteiger partial charge in [-0.15, -0.1) is 5.10 Å². The van der Waals surface area contributed by atoms with Gasteiger partial charge in [-0.2, -0.15) is 0 Å². The van der Waals surface area contributed by atoms with Crippen molar-refractivity contribution in [1.29, 1.82) is 0 Å². The summed E-state index contributed by atoms with van der Waals surface area (Å²) in [7, 11) is 0. The summed E-state index contributed by atoms with van der Waals surface area (Å²) in [5.41, 5.74) is 4.36. The van der Waals surface area contributed by atoms with Crippen molar-refractivity contribution in [2.45, 2.75) is 52.6 Å². The minimum atomic E-state index is -0.194. The molecule has 12 nitrogen and oxygen atoms in total. The van der Waals surface area contributed by atoms with Gasteiger partial charge in [0, 0.05) is 29.8 Å². The van der Waals surface area contributed by atoms with Crippen LogP contribution in [0.5, 0.6) is 0 Å². The third kappa shape index (κ3) is 4.21. The maximum Gasteiger partial charge on any atom is 0.335 e. The van der Waals surface area contributed by atoms with Gasteiger partial charge in [0.2, 0.25) is 0 Å². The van der Waals surface area contributed by atoms with E-state index in [-0.39, 0.29) is 11.7 Å². The summed E-state index contributed by atoms with van der Waals surface area (Å²) in [6.07, 6.45) is 7.86. The van der Waals surface area contributed by atoms with E-state index < -0.39 is 0 Å². The molecule has 4 aromatic heterocycles. The molecule has 1 unspecified atom stereocenters. The lowest BCUT2D eigenvalue weighted by Gasteiger charge is -2.14. The lowest BCUT2D eigenvalue weighted by atomic mass is 9.96. The Kier molecular flexibility index (Phi) is 6.48. The Bertz CT molecular complexity index is 1510. The van der Waals surface area contributed by atoms with Crippen LogP contribution in [-0.4, -0.2) is 54.9 Å². The highest BCUT2D eigenvalue weighted by molar-refractivity contribution is 5.81. The second kappa shape index (κ2) is 10.0. The fourth-order valence-electron chi connectivity index (χ4n) is 4.28. The van der Waals surface area contributed by atoms with Gasteiger partial charge in [0.15, 0.2) is 5.82 Å². The van der Waals surface area contributed by atoms with Crippen LogP contribution < -0.4 is 5.69 Å². The SMILES string of the molecule is CCCc1cn(-c2nnnn2C(C)CC)c(=O)n1Cc1cnccc1-c1ccccc1-c1nnn[nH]1. The van der Waals surface area contributed by atoms with Crippen LogP contribution >= 0.6 is 0 Å². The van der Waals surface area contributed by atoms with Crippen LogP contribution in [0.15, 0.2) is 53.7 Å². The monoisotopic (exact) mass is 485 g/mol. The number of nitrogens with zero attached hydrogens (tertiary/aromatic N) is 10. The Labute approximate surface area is 207 Å². The molecule has 5 aromatic rings. The molecule has 1 aromatic carbocycles. The summed E-state index contributed by atoms with van der Waals surface area (Å²) in [5.74, 6) is 0.986. The molecule has 0 fully saturated rings. The van der Waals surface area contributed by atoms with Crippen molar-refractivity contribution in [3.8, 4) is 28.5 Å². The fourth-order valence-corrected chi connectivity index (χ4v) is 4.28. The number of benzene rings is 1. The Morgan fingerprint density at radius 2 is 1.86 bits per heavy atom. The van der Waals surface area contributed by atoms with E-state index in [2.05, 4.69) is 55.0 Å². The Balaban J connectivity index is 1.60. The van der Waals surface area contributed by atoms with Crippen molar-refractivity contribution < 1.29 is 0 Å². The first-order valence-electron chi connectivity index (χ1n) is 12.0. The number of imidazole rings is 1. The van der Waals surface area contributed by atoms with Gasteiger partial charge in [-0.05, 0) is 63.4 Å². The number of pyridine rings is 1. The average Bonchev–Trinajstić information content (AvgIpc) is 3.67. The highest BCUT2D eigenvalue weighted by atomic mass is 16.2. The van der Waals surface area contributed by atoms with E-state index in [1.54, 1.807) is 26.2 Å². The maximum absolute atomic E-state index is 13.7. The van der Waals surface area contributed by atoms with Crippen LogP contribution in [0.25, 0.3) is 28.5 Å². The van der Waals surface area contributed by atoms with Crippen molar-refractivity contribution in [3.63, 3.8) is 0 Å². The first kappa shape index (κ1) is 23.3. The fraction of sp³-hybridized carbons (Fsp3) is 0.333. The number of aryl methyl sites for hydroxylation is 1. The summed E-state index contributed by atoms with van der Waals surface area (Å²) in [4.78, 5) is 18.1. The third-order valence-corrected chi connectivity index (χ3v) is 6.32. The quantitative estimate of drug-likeness (QED) is 0.336. The maximum atomic E-state index is 13.7. The number of nitrogens with one attached hydrogen (secondary N) is 1. The zero-order valence-corrected chi connectivity index (χ0v) is 20.4. The molecule has 36 heavy (non-hydrogen) atoms. The zero-order valence-electron chi connectivity index (χ0n) is 20.4. The van der Waals surface area contributed by atoms with Crippen molar-refractivity contribution in [2.24, 2.45) is 0 Å². The molecule has 0 aliphatic rings. The number of rotatable bonds is 9. The standard InChI is InChI=1S/C24H27N11O/c1-4-8-18-15-34(23-28-31-32-35(23)16(3)5-2)24(36)33(18)14-17-13-25-12-11-19(17)20-9-6-7-10-21(20)22-26-29-30-27-22/h6-7,9-13,15-16H,4-5,8,14H2,1-3H3,(H,26,27,29,30). The molecule has 0 aliphatic carbocycles. The minimum Gasteiger partial charge on any atom is -0.291 e. The molecule has 0 saturated carbocycles. The predicted octanol–water partition coefficient (Wildman–Crippen LogP) is 2.84. The molecule has 12 heteroatoms. The zero-order chi connectivity index (χ0) is 25.1. The van der Waals surface area contributed by atoms with E-state index >= 15 is 0 Å². The number of tetrazole rings is 2. The van der Waals surface area contributed by atoms with E-state index in [4.69, 9.17) is 0 Å². The number of hydrogen-bond donors (Lipinski definition) is 1. The molecule has 0 bridgehead atoms. The summed E-state index contributed by atoms with van der Waals surface area (Å²) in [6, 6.07) is 9.88. The second-order valence-electron chi connectivity index (χ2n) is 8.62. The average molecular weight is 486 g/mol. The molecule has 5 rings (SSSR count). The highest BCUT2D eigenvalue weighted by Crippen LogP contribution is 2.32. The first-order valence-corrected chi connectivity index (χ1v) is 12.0. The number of aromatic amines is 1. The van der Waals surface area contributed by atoms with Crippen molar-refractivity contribution in [3.05, 3.63) is 70.7 Å². The third-order valence-electron chi connectivity index (χ3n) is 6.32. The Morgan fingerprint density at radius 3 is 2.61 bits per heavy atom. The van der Waals surface area contributed by atoms with Gasteiger partial charge in [0.1, 0.15) is 0 Å². The summed E-state index contributed by atoms with van der Waals surface area (Å²) in [5, 5.41) is 26.5. The lowest BCUT2D eigenvalue weighted by Crippen LogP contribution is -2.27. The van der Waals surface area contributed by atoms with Crippen molar-refractivity contribution >= 4 is 0 Å². The number of hydrogen-bond acceptors (Lipinski definition) is 8. The molecule has 0 radical (unpaired) electrons. The lowest BCUT2D eigenvalue weighted by molar-refractivity contribution is 0.456. The van der Waals surface area contributed by atoms with E-state index in [0.29, 0.717) is 18.3 Å². The van der Waals surface area contributed by atoms with Gasteiger partial charge in [-0.1, -0.05) is 49.6 Å². The second-order valence-corrected chi connectivity index (χ2v) is 8.62. The van der Waals surface area contributed by atoms with Crippen molar-refractivity contribution in [1.82, 2.24) is 54.9 Å². The van der Waals surface area contributed by atoms with Gasteiger partial charge < -0.3 is 0 Å². The van der Waals surface area contributed by atoms with Gasteiger partial charge in [0.05, 0.1) is 12.6 Å². The molecule has 0 saturated heterocycles. The van der Waals surface area contributed by atoms with E-state index in [1.165, 1.54) is 0 Å². The van der Waals surface area contributed by atoms with Crippen LogP contribution in [0.3, 0.4) is 0 Å². The molecule has 184 valence electrons. The van der Waals surface area contributed by atoms with E-state index in [9.17, 15) is 4.79 Å². The van der Waals surface area contributed by atoms with Gasteiger partial charge in [0.25, 0.3) is 5.95 Å². The molecule has 4 heterocycles. The Hall–Kier alpha value is -4.48. The topological polar surface area (TPSA) is 138 Å². The summed E-state index contributed by atoms with van der Waals surface area (Å²) in [6.45, 7) is 6.52. The van der Waals surface area contributed by atoms with E-state index in [1.807, 2.05) is 43.5 Å². The van der Waals surface area contributed by atoms with Crippen LogP contribution in [-0.2, 0) is 13.0 Å². The molecule has 0 aliphatic heterocycles. The van der Waals surface area contributed by atoms with Crippen LogP contribution in [0, 0.1) is 0 Å². The normalized spacial score (nSPS) is 12.2. The van der Waals surface area contributed by atoms with Crippen LogP contribution in [0.4, 0.5) is 0 Å². The predicted molar refractivity (Wildman–Crippen MR) is 132 cm³/mol. The molecular weight excluding hydrogens is 458 g/mol. The van der Waals surface area contributed by atoms with Gasteiger partial charge in [-0.3, -0.25) is 9.55 Å². The first-order chi connectivity index (χ1) is 17.6. The molecule has 0 spiro atoms. The molecule has 0 amide bonds. The van der Waals surface area contributed by atoms with E-state index in [0.717, 1.165) is 47.2 Å². The summed E-state index contributed by atoms with van der Waals surface area (Å²) < 4.78 is 5.01. The van der Waals surface area contributed by atoms with Crippen molar-refractivity contribution in [2.75, 3.05) is 0 Å². The Morgan fingerprint density at radius 1 is 1.03 bits per heavy atom. The molecule has 1 N–H and O–H groups in total. The van der Waals surface area contributed by atoms with Gasteiger partial charge >= 0.3 is 5.69 Å². The van der Waals surface area contributed by atoms with Gasteiger partial charge in [-0.25, -0.2) is 19.1 Å². The number of H-pyrrole nitrogens is 1. The molecule has 1 atom stereocenters. The smallest absolute Gasteiger partial charge is 0.291 e. The van der Waals surface area contributed by atoms with Crippen LogP contribution in [0.1, 0.15) is 50.9 Å².